The van der Waals surface area contributed by atoms with Crippen LogP contribution in [0.3, 0.4) is 0 Å². The fourth-order valence-corrected chi connectivity index (χ4v) is 4.44. The van der Waals surface area contributed by atoms with Crippen LogP contribution in [0.15, 0.2) is 151 Å². The summed E-state index contributed by atoms with van der Waals surface area (Å²) in [6, 6.07) is 46.6. The lowest BCUT2D eigenvalue weighted by Gasteiger charge is -2.07. The van der Waals surface area contributed by atoms with Crippen molar-refractivity contribution in [1.29, 1.82) is 0 Å². The predicted molar refractivity (Wildman–Crippen MR) is 160 cm³/mol. The maximum absolute atomic E-state index is 12.4. The zero-order valence-electron chi connectivity index (χ0n) is 21.6. The van der Waals surface area contributed by atoms with Crippen molar-refractivity contribution in [3.63, 3.8) is 0 Å². The lowest BCUT2D eigenvalue weighted by molar-refractivity contribution is 0.0734. The van der Waals surface area contributed by atoms with Crippen LogP contribution in [0, 0.1) is 0 Å². The van der Waals surface area contributed by atoms with Gasteiger partial charge in [0.15, 0.2) is 5.82 Å². The van der Waals surface area contributed by atoms with Crippen molar-refractivity contribution in [1.82, 2.24) is 9.78 Å². The van der Waals surface area contributed by atoms with Gasteiger partial charge in [-0.3, -0.25) is 0 Å². The van der Waals surface area contributed by atoms with Crippen LogP contribution in [0.25, 0.3) is 28.1 Å². The van der Waals surface area contributed by atoms with Crippen LogP contribution < -0.4 is 4.74 Å². The van der Waals surface area contributed by atoms with Gasteiger partial charge in [0.25, 0.3) is 0 Å². The molecule has 0 unspecified atom stereocenters. The van der Waals surface area contributed by atoms with Gasteiger partial charge in [-0.2, -0.15) is 5.10 Å². The van der Waals surface area contributed by atoms with E-state index in [0.29, 0.717) is 11.3 Å². The van der Waals surface area contributed by atoms with E-state index < -0.39 is 5.97 Å². The third kappa shape index (κ3) is 5.35. The molecule has 192 valence electrons. The summed E-state index contributed by atoms with van der Waals surface area (Å²) in [6.45, 7) is 0. The van der Waals surface area contributed by atoms with Gasteiger partial charge in [-0.15, -0.1) is 0 Å². The number of aliphatic imine (C=N–C) groups is 1. The van der Waals surface area contributed by atoms with E-state index in [1.165, 1.54) is 0 Å². The molecule has 0 saturated heterocycles. The van der Waals surface area contributed by atoms with Crippen molar-refractivity contribution in [2.75, 3.05) is 0 Å². The van der Waals surface area contributed by atoms with Gasteiger partial charge >= 0.3 is 5.97 Å². The molecule has 0 aliphatic heterocycles. The number of ether oxygens (including phenoxy) is 1. The van der Waals surface area contributed by atoms with Gasteiger partial charge in [0.2, 0.25) is 0 Å². The van der Waals surface area contributed by atoms with Crippen LogP contribution in [0.2, 0.25) is 0 Å². The molecule has 0 fully saturated rings. The Labute approximate surface area is 232 Å². The van der Waals surface area contributed by atoms with Gasteiger partial charge in [0.05, 0.1) is 16.8 Å². The van der Waals surface area contributed by atoms with Gasteiger partial charge in [-0.05, 0) is 59.7 Å². The molecule has 1 heterocycles. The first kappa shape index (κ1) is 24.8. The Morgan fingerprint density at radius 3 is 1.82 bits per heavy atom. The summed E-state index contributed by atoms with van der Waals surface area (Å²) in [4.78, 5) is 17.4. The van der Waals surface area contributed by atoms with Crippen LogP contribution in [-0.4, -0.2) is 22.0 Å². The van der Waals surface area contributed by atoms with E-state index in [1.807, 2.05) is 102 Å². The average molecular weight is 520 g/mol. The van der Waals surface area contributed by atoms with Crippen LogP contribution in [0.5, 0.6) is 5.75 Å². The number of nitrogens with zero attached hydrogens (tertiary/aromatic N) is 3. The first-order valence-corrected chi connectivity index (χ1v) is 13.0. The maximum atomic E-state index is 12.4. The van der Waals surface area contributed by atoms with Crippen LogP contribution in [0.1, 0.15) is 15.9 Å². The number of carbonyl (C=O) groups is 1. The van der Waals surface area contributed by atoms with Crippen molar-refractivity contribution in [3.05, 3.63) is 157 Å². The smallest absolute Gasteiger partial charge is 0.343 e. The largest absolute Gasteiger partial charge is 0.423 e. The molecule has 6 aromatic rings. The molecule has 0 saturated carbocycles. The topological polar surface area (TPSA) is 56.5 Å². The first-order chi connectivity index (χ1) is 19.8. The van der Waals surface area contributed by atoms with Gasteiger partial charge in [0.1, 0.15) is 11.4 Å². The van der Waals surface area contributed by atoms with E-state index in [1.54, 1.807) is 30.5 Å². The number of hydrogen-bond donors (Lipinski definition) is 0. The average Bonchev–Trinajstić information content (AvgIpc) is 3.42. The third-order valence-corrected chi connectivity index (χ3v) is 6.41. The number of aromatic nitrogens is 2. The van der Waals surface area contributed by atoms with E-state index >= 15 is 0 Å². The number of para-hydroxylation sites is 1. The summed E-state index contributed by atoms with van der Waals surface area (Å²) >= 11 is 0. The zero-order valence-corrected chi connectivity index (χ0v) is 21.6. The first-order valence-electron chi connectivity index (χ1n) is 13.0. The standard InChI is InChI=1S/C35H25N3O2/c39-35(29-17-9-3-10-18-29)40-31-23-21-26(22-24-31)25-36-34-32(27-13-5-1-6-14-27)33(28-15-7-2-8-16-28)37-38(34)30-19-11-4-12-20-30/h1-25H. The minimum Gasteiger partial charge on any atom is -0.423 e. The summed E-state index contributed by atoms with van der Waals surface area (Å²) in [5.74, 6) is 0.794. The predicted octanol–water partition coefficient (Wildman–Crippen LogP) is 8.18. The molecular weight excluding hydrogens is 494 g/mol. The molecule has 0 N–H and O–H groups in total. The summed E-state index contributed by atoms with van der Waals surface area (Å²) in [5.41, 5.74) is 6.12. The van der Waals surface area contributed by atoms with Crippen molar-refractivity contribution < 1.29 is 9.53 Å². The lowest BCUT2D eigenvalue weighted by Crippen LogP contribution is -2.07. The Balaban J connectivity index is 1.39. The molecule has 0 atom stereocenters. The lowest BCUT2D eigenvalue weighted by atomic mass is 10.0. The highest BCUT2D eigenvalue weighted by molar-refractivity contribution is 5.93. The highest BCUT2D eigenvalue weighted by Gasteiger charge is 2.21. The molecule has 0 spiro atoms. The quantitative estimate of drug-likeness (QED) is 0.121. The number of carbonyl (C=O) groups excluding carboxylic acids is 1. The number of rotatable bonds is 7. The molecule has 0 radical (unpaired) electrons. The van der Waals surface area contributed by atoms with Crippen LogP contribution in [-0.2, 0) is 0 Å². The van der Waals surface area contributed by atoms with Crippen molar-refractivity contribution in [2.45, 2.75) is 0 Å². The van der Waals surface area contributed by atoms with Crippen LogP contribution in [0.4, 0.5) is 5.82 Å². The summed E-state index contributed by atoms with van der Waals surface area (Å²) in [5, 5.41) is 5.06. The van der Waals surface area contributed by atoms with E-state index in [0.717, 1.165) is 39.5 Å². The fraction of sp³-hybridized carbons (Fsp3) is 0. The van der Waals surface area contributed by atoms with Gasteiger partial charge in [0, 0.05) is 11.8 Å². The third-order valence-electron chi connectivity index (χ3n) is 6.41. The Kier molecular flexibility index (Phi) is 7.09. The molecule has 5 nitrogen and oxygen atoms in total. The molecule has 5 heteroatoms. The van der Waals surface area contributed by atoms with Crippen LogP contribution >= 0.6 is 0 Å². The molecule has 40 heavy (non-hydrogen) atoms. The van der Waals surface area contributed by atoms with Gasteiger partial charge in [-0.1, -0.05) is 97.1 Å². The molecule has 0 aliphatic rings. The molecule has 5 aromatic carbocycles. The van der Waals surface area contributed by atoms with Gasteiger partial charge in [-0.25, -0.2) is 14.5 Å². The van der Waals surface area contributed by atoms with E-state index in [9.17, 15) is 4.79 Å². The molecule has 0 aliphatic carbocycles. The van der Waals surface area contributed by atoms with E-state index in [4.69, 9.17) is 14.8 Å². The van der Waals surface area contributed by atoms with Crippen molar-refractivity contribution in [2.24, 2.45) is 4.99 Å². The summed E-state index contributed by atoms with van der Waals surface area (Å²) in [7, 11) is 0. The summed E-state index contributed by atoms with van der Waals surface area (Å²) < 4.78 is 7.41. The zero-order chi connectivity index (χ0) is 27.1. The van der Waals surface area contributed by atoms with E-state index in [-0.39, 0.29) is 0 Å². The highest BCUT2D eigenvalue weighted by Crippen LogP contribution is 2.40. The second kappa shape index (κ2) is 11.5. The van der Waals surface area contributed by atoms with E-state index in [2.05, 4.69) is 24.3 Å². The molecule has 0 amide bonds. The Morgan fingerprint density at radius 1 is 0.650 bits per heavy atom. The summed E-state index contributed by atoms with van der Waals surface area (Å²) in [6.07, 6.45) is 1.81. The fourth-order valence-electron chi connectivity index (χ4n) is 4.44. The van der Waals surface area contributed by atoms with Gasteiger partial charge < -0.3 is 4.74 Å². The molecular formula is C35H25N3O2. The highest BCUT2D eigenvalue weighted by atomic mass is 16.5. The molecule has 0 bridgehead atoms. The second-order valence-electron chi connectivity index (χ2n) is 9.11. The van der Waals surface area contributed by atoms with Crippen molar-refractivity contribution >= 4 is 18.0 Å². The van der Waals surface area contributed by atoms with Crippen molar-refractivity contribution in [3.8, 4) is 33.8 Å². The number of hydrogen-bond acceptors (Lipinski definition) is 4. The molecule has 1 aromatic heterocycles. The number of esters is 1. The minimum absolute atomic E-state index is 0.394. The Hall–Kier alpha value is -5.55. The Bertz CT molecular complexity index is 1740. The molecule has 6 rings (SSSR count). The maximum Gasteiger partial charge on any atom is 0.343 e. The SMILES string of the molecule is O=C(Oc1ccc(C=Nc2c(-c3ccccc3)c(-c3ccccc3)nn2-c2ccccc2)cc1)c1ccccc1. The monoisotopic (exact) mass is 519 g/mol. The number of benzene rings is 5. The minimum atomic E-state index is -0.394. The Morgan fingerprint density at radius 2 is 1.20 bits per heavy atom. The second-order valence-corrected chi connectivity index (χ2v) is 9.11. The normalized spacial score (nSPS) is 11.0.